The van der Waals surface area contributed by atoms with Crippen LogP contribution in [0.15, 0.2) is 49.1 Å². The van der Waals surface area contributed by atoms with E-state index >= 15 is 0 Å². The molecule has 2 aromatic rings. The lowest BCUT2D eigenvalue weighted by Crippen LogP contribution is -2.30. The normalized spacial score (nSPS) is 25.1. The van der Waals surface area contributed by atoms with Gasteiger partial charge < -0.3 is 4.74 Å². The quantitative estimate of drug-likeness (QED) is 0.199. The Morgan fingerprint density at radius 1 is 0.969 bits per heavy atom. The summed E-state index contributed by atoms with van der Waals surface area (Å²) in [7, 11) is 0. The second-order valence-corrected chi connectivity index (χ2v) is 9.29. The molecule has 2 aliphatic rings. The third-order valence-corrected chi connectivity index (χ3v) is 7.29. The van der Waals surface area contributed by atoms with E-state index in [0.717, 1.165) is 30.6 Å². The van der Waals surface area contributed by atoms with Crippen molar-refractivity contribution in [3.8, 4) is 5.75 Å². The van der Waals surface area contributed by atoms with Crippen LogP contribution in [0.4, 0.5) is 13.2 Å². The lowest BCUT2D eigenvalue weighted by molar-refractivity contribution is 0.0733. The maximum atomic E-state index is 13.3. The van der Waals surface area contributed by atoms with Gasteiger partial charge in [-0.05, 0) is 86.3 Å². The van der Waals surface area contributed by atoms with Gasteiger partial charge in [-0.2, -0.15) is 0 Å². The molecule has 0 N–H and O–H groups in total. The van der Waals surface area contributed by atoms with Gasteiger partial charge >= 0.3 is 5.97 Å². The molecule has 0 aromatic heterocycles. The van der Waals surface area contributed by atoms with E-state index in [2.05, 4.69) is 6.58 Å². The molecule has 2 aliphatic carbocycles. The van der Waals surface area contributed by atoms with Crippen molar-refractivity contribution in [3.63, 3.8) is 0 Å². The molecule has 0 spiro atoms. The number of ether oxygens (including phenoxy) is 1. The monoisotopic (exact) mass is 442 g/mol. The maximum Gasteiger partial charge on any atom is 0.343 e. The summed E-state index contributed by atoms with van der Waals surface area (Å²) >= 11 is 0. The van der Waals surface area contributed by atoms with Gasteiger partial charge in [0.15, 0.2) is 17.5 Å². The Hall–Kier alpha value is -2.56. The average molecular weight is 443 g/mol. The fourth-order valence-corrected chi connectivity index (χ4v) is 5.55. The first-order valence-corrected chi connectivity index (χ1v) is 11.5. The Bertz CT molecular complexity index is 946. The third kappa shape index (κ3) is 5.08. The van der Waals surface area contributed by atoms with Crippen molar-refractivity contribution in [2.24, 2.45) is 17.8 Å². The molecule has 4 rings (SSSR count). The first-order chi connectivity index (χ1) is 15.4. The zero-order valence-electron chi connectivity index (χ0n) is 18.2. The first kappa shape index (κ1) is 22.6. The van der Waals surface area contributed by atoms with Gasteiger partial charge in [-0.3, -0.25) is 0 Å². The minimum atomic E-state index is -1.59. The second kappa shape index (κ2) is 9.93. The number of carbonyl (C=O) groups is 1. The topological polar surface area (TPSA) is 26.3 Å². The number of hydrogen-bond donors (Lipinski definition) is 0. The molecule has 2 saturated carbocycles. The molecule has 32 heavy (non-hydrogen) atoms. The Balaban J connectivity index is 1.35. The van der Waals surface area contributed by atoms with Crippen molar-refractivity contribution in [1.82, 2.24) is 0 Å². The van der Waals surface area contributed by atoms with E-state index in [1.54, 1.807) is 12.1 Å². The van der Waals surface area contributed by atoms with E-state index in [1.165, 1.54) is 44.1 Å². The van der Waals surface area contributed by atoms with Crippen molar-refractivity contribution in [2.45, 2.75) is 57.3 Å². The van der Waals surface area contributed by atoms with E-state index in [0.29, 0.717) is 18.1 Å². The number of allylic oxidation sites excluding steroid dienone is 1. The highest BCUT2D eigenvalue weighted by molar-refractivity contribution is 5.91. The zero-order valence-corrected chi connectivity index (χ0v) is 18.2. The van der Waals surface area contributed by atoms with E-state index in [9.17, 15) is 18.0 Å². The molecule has 0 saturated heterocycles. The van der Waals surface area contributed by atoms with Crippen molar-refractivity contribution in [1.29, 1.82) is 0 Å². The van der Waals surface area contributed by atoms with Crippen LogP contribution in [-0.4, -0.2) is 5.97 Å². The first-order valence-electron chi connectivity index (χ1n) is 11.5. The van der Waals surface area contributed by atoms with Crippen LogP contribution in [0.3, 0.4) is 0 Å². The molecule has 2 aromatic carbocycles. The zero-order chi connectivity index (χ0) is 22.7. The second-order valence-electron chi connectivity index (χ2n) is 9.29. The van der Waals surface area contributed by atoms with Gasteiger partial charge in [0.2, 0.25) is 0 Å². The highest BCUT2D eigenvalue weighted by Gasteiger charge is 2.35. The molecule has 4 unspecified atom stereocenters. The number of hydrogen-bond acceptors (Lipinski definition) is 2. The van der Waals surface area contributed by atoms with Crippen LogP contribution in [0.1, 0.15) is 73.2 Å². The molecule has 170 valence electrons. The summed E-state index contributed by atoms with van der Waals surface area (Å²) in [5, 5.41) is 0. The van der Waals surface area contributed by atoms with Crippen molar-refractivity contribution in [3.05, 3.63) is 77.6 Å². The fraction of sp³-hybridized carbons (Fsp3) is 0.444. The summed E-state index contributed by atoms with van der Waals surface area (Å²) in [5.41, 5.74) is 1.50. The number of benzene rings is 2. The minimum absolute atomic E-state index is 0.287. The lowest BCUT2D eigenvalue weighted by atomic mass is 9.63. The molecule has 0 radical (unpaired) electrons. The van der Waals surface area contributed by atoms with E-state index in [-0.39, 0.29) is 11.3 Å². The summed E-state index contributed by atoms with van der Waals surface area (Å²) in [6.45, 7) is 3.85. The lowest BCUT2D eigenvalue weighted by Gasteiger charge is -2.42. The predicted molar refractivity (Wildman–Crippen MR) is 118 cm³/mol. The Labute approximate surface area is 187 Å². The number of rotatable bonds is 6. The molecule has 5 heteroatoms. The van der Waals surface area contributed by atoms with Gasteiger partial charge in [0.05, 0.1) is 5.56 Å². The maximum absolute atomic E-state index is 13.3. The number of carbonyl (C=O) groups excluding carboxylic acids is 1. The van der Waals surface area contributed by atoms with Crippen LogP contribution < -0.4 is 4.74 Å². The van der Waals surface area contributed by atoms with Crippen molar-refractivity contribution >= 4 is 5.97 Å². The smallest absolute Gasteiger partial charge is 0.343 e. The third-order valence-electron chi connectivity index (χ3n) is 7.29. The summed E-state index contributed by atoms with van der Waals surface area (Å²) < 4.78 is 44.8. The molecular weight excluding hydrogens is 413 g/mol. The van der Waals surface area contributed by atoms with Crippen LogP contribution in [0.25, 0.3) is 0 Å². The largest absolute Gasteiger partial charge is 0.423 e. The SMILES string of the molecule is C=CCCC1CCC2CC(c3ccc(C(=O)Oc4cc(F)c(F)c(F)c4)cc3)CCC2C1. The summed E-state index contributed by atoms with van der Waals surface area (Å²) in [4.78, 5) is 12.3. The van der Waals surface area contributed by atoms with Gasteiger partial charge in [0.1, 0.15) is 5.75 Å². The molecular formula is C27H29F3O2. The molecule has 0 heterocycles. The predicted octanol–water partition coefficient (Wildman–Crippen LogP) is 7.59. The van der Waals surface area contributed by atoms with Crippen molar-refractivity contribution < 1.29 is 22.7 Å². The van der Waals surface area contributed by atoms with Crippen LogP contribution in [0.5, 0.6) is 5.75 Å². The standard InChI is InChI=1S/C27H29F3O2/c1-2-3-4-17-5-6-22-14-21(12-11-20(22)13-17)18-7-9-19(10-8-18)27(31)32-23-15-24(28)26(30)25(29)16-23/h2,7-10,15-17,20-22H,1,3-6,11-14H2. The van der Waals surface area contributed by atoms with Gasteiger partial charge in [0, 0.05) is 12.1 Å². The molecule has 0 aliphatic heterocycles. The van der Waals surface area contributed by atoms with Crippen LogP contribution in [0, 0.1) is 35.2 Å². The van der Waals surface area contributed by atoms with E-state index in [4.69, 9.17) is 4.74 Å². The summed E-state index contributed by atoms with van der Waals surface area (Å²) in [5.74, 6) is -2.52. The van der Waals surface area contributed by atoms with Gasteiger partial charge in [-0.25, -0.2) is 18.0 Å². The summed E-state index contributed by atoms with van der Waals surface area (Å²) in [6.07, 6.45) is 12.0. The number of esters is 1. The Morgan fingerprint density at radius 2 is 1.62 bits per heavy atom. The highest BCUT2D eigenvalue weighted by atomic mass is 19.2. The van der Waals surface area contributed by atoms with Crippen LogP contribution in [-0.2, 0) is 0 Å². The van der Waals surface area contributed by atoms with Gasteiger partial charge in [-0.15, -0.1) is 6.58 Å². The Morgan fingerprint density at radius 3 is 2.31 bits per heavy atom. The van der Waals surface area contributed by atoms with Crippen molar-refractivity contribution in [2.75, 3.05) is 0 Å². The van der Waals surface area contributed by atoms with E-state index < -0.39 is 23.4 Å². The summed E-state index contributed by atoms with van der Waals surface area (Å²) in [6, 6.07) is 8.59. The number of fused-ring (bicyclic) bond motifs is 1. The minimum Gasteiger partial charge on any atom is -0.423 e. The number of halogens is 3. The molecule has 2 nitrogen and oxygen atoms in total. The highest BCUT2D eigenvalue weighted by Crippen LogP contribution is 2.48. The van der Waals surface area contributed by atoms with Gasteiger partial charge in [-0.1, -0.05) is 24.6 Å². The van der Waals surface area contributed by atoms with Gasteiger partial charge in [0.25, 0.3) is 0 Å². The van der Waals surface area contributed by atoms with E-state index in [1.807, 2.05) is 18.2 Å². The fourth-order valence-electron chi connectivity index (χ4n) is 5.55. The molecule has 4 atom stereocenters. The van der Waals surface area contributed by atoms with Crippen LogP contribution in [0.2, 0.25) is 0 Å². The average Bonchev–Trinajstić information content (AvgIpc) is 2.80. The molecule has 0 bridgehead atoms. The van der Waals surface area contributed by atoms with Crippen LogP contribution >= 0.6 is 0 Å². The molecule has 2 fully saturated rings. The molecule has 0 amide bonds. The Kier molecular flexibility index (Phi) is 7.02.